The quantitative estimate of drug-likeness (QED) is 0.570. The van der Waals surface area contributed by atoms with Gasteiger partial charge in [0.2, 0.25) is 0 Å². The summed E-state index contributed by atoms with van der Waals surface area (Å²) in [7, 11) is 0. The van der Waals surface area contributed by atoms with E-state index < -0.39 is 0 Å². The Morgan fingerprint density at radius 2 is 1.82 bits per heavy atom. The first-order valence-electron chi connectivity index (χ1n) is 5.19. The molecular weight excluding hydrogens is 216 g/mol. The van der Waals surface area contributed by atoms with Crippen LogP contribution in [0.4, 0.5) is 0 Å². The molecule has 1 heterocycles. The molecule has 0 saturated heterocycles. The summed E-state index contributed by atoms with van der Waals surface area (Å²) < 4.78 is 0. The zero-order chi connectivity index (χ0) is 12.4. The Hall–Kier alpha value is -2.41. The van der Waals surface area contributed by atoms with E-state index in [9.17, 15) is 9.59 Å². The van der Waals surface area contributed by atoms with E-state index in [0.29, 0.717) is 16.7 Å². The summed E-state index contributed by atoms with van der Waals surface area (Å²) in [5.74, 6) is -0.666. The van der Waals surface area contributed by atoms with Crippen LogP contribution in [0.5, 0.6) is 0 Å². The van der Waals surface area contributed by atoms with Crippen LogP contribution in [0.2, 0.25) is 0 Å². The number of carbonyl (C=O) groups is 2. The topological polar surface area (TPSA) is 61.2 Å². The van der Waals surface area contributed by atoms with Crippen LogP contribution < -0.4 is 0 Å². The van der Waals surface area contributed by atoms with Crippen molar-refractivity contribution in [3.63, 3.8) is 0 Å². The minimum atomic E-state index is -0.333. The van der Waals surface area contributed by atoms with E-state index in [1.54, 1.807) is 37.3 Å². The molecule has 4 nitrogen and oxygen atoms in total. The zero-order valence-electron chi connectivity index (χ0n) is 9.30. The number of hydrogen-bond acceptors (Lipinski definition) is 3. The average Bonchev–Trinajstić information content (AvgIpc) is 2.61. The average molecular weight is 226 g/mol. The number of hydrogen-bond donors (Lipinski definition) is 0. The normalized spacial score (nSPS) is 14.8. The predicted molar refractivity (Wildman–Crippen MR) is 61.2 cm³/mol. The molecule has 1 aromatic rings. The minimum Gasteiger partial charge on any atom is -0.269 e. The summed E-state index contributed by atoms with van der Waals surface area (Å²) in [6, 6.07) is 8.64. The predicted octanol–water partition coefficient (Wildman–Crippen LogP) is 1.75. The van der Waals surface area contributed by atoms with Crippen molar-refractivity contribution >= 4 is 11.8 Å². The Balaban J connectivity index is 2.34. The van der Waals surface area contributed by atoms with Gasteiger partial charge in [0.15, 0.2) is 0 Å². The minimum absolute atomic E-state index is 0.0410. The molecule has 2 rings (SSSR count). The van der Waals surface area contributed by atoms with Gasteiger partial charge in [0.25, 0.3) is 11.8 Å². The highest BCUT2D eigenvalue weighted by atomic mass is 16.2. The lowest BCUT2D eigenvalue weighted by Gasteiger charge is -2.12. The third-order valence-corrected chi connectivity index (χ3v) is 2.70. The Morgan fingerprint density at radius 3 is 2.24 bits per heavy atom. The lowest BCUT2D eigenvalue weighted by molar-refractivity contribution is 0.0669. The van der Waals surface area contributed by atoms with Gasteiger partial charge in [0, 0.05) is 5.57 Å². The summed E-state index contributed by atoms with van der Waals surface area (Å²) in [5, 5.41) is 8.81. The van der Waals surface area contributed by atoms with Gasteiger partial charge in [-0.15, -0.1) is 0 Å². The Bertz CT molecular complexity index is 532. The molecule has 0 unspecified atom stereocenters. The standard InChI is InChI=1S/C13H10N2O2/c1-2-9(7-14)8-15-12(16)10-5-3-4-6-11(10)13(15)17/h2-6H,8H2,1H3/b9-2-. The van der Waals surface area contributed by atoms with Gasteiger partial charge in [0.05, 0.1) is 23.7 Å². The number of amides is 2. The summed E-state index contributed by atoms with van der Waals surface area (Å²) in [4.78, 5) is 25.0. The Kier molecular flexibility index (Phi) is 2.75. The van der Waals surface area contributed by atoms with Crippen molar-refractivity contribution in [2.45, 2.75) is 6.92 Å². The molecule has 84 valence electrons. The molecule has 1 aromatic carbocycles. The SMILES string of the molecule is C/C=C(/C#N)CN1C(=O)c2ccccc2C1=O. The van der Waals surface area contributed by atoms with Crippen LogP contribution in [0.15, 0.2) is 35.9 Å². The molecule has 4 heteroatoms. The van der Waals surface area contributed by atoms with Crippen molar-refractivity contribution in [2.24, 2.45) is 0 Å². The third kappa shape index (κ3) is 1.72. The van der Waals surface area contributed by atoms with E-state index in [2.05, 4.69) is 0 Å². The Morgan fingerprint density at radius 1 is 1.29 bits per heavy atom. The fourth-order valence-electron chi connectivity index (χ4n) is 1.74. The summed E-state index contributed by atoms with van der Waals surface area (Å²) in [5.41, 5.74) is 1.22. The maximum Gasteiger partial charge on any atom is 0.261 e. The highest BCUT2D eigenvalue weighted by molar-refractivity contribution is 6.21. The second-order valence-corrected chi connectivity index (χ2v) is 3.67. The number of nitrogens with zero attached hydrogens (tertiary/aromatic N) is 2. The van der Waals surface area contributed by atoms with E-state index in [1.807, 2.05) is 6.07 Å². The van der Waals surface area contributed by atoms with Gasteiger partial charge in [-0.3, -0.25) is 14.5 Å². The number of fused-ring (bicyclic) bond motifs is 1. The molecule has 0 bridgehead atoms. The molecule has 0 spiro atoms. The van der Waals surface area contributed by atoms with Crippen LogP contribution in [0, 0.1) is 11.3 Å². The van der Waals surface area contributed by atoms with Crippen molar-refractivity contribution < 1.29 is 9.59 Å². The molecule has 0 N–H and O–H groups in total. The van der Waals surface area contributed by atoms with Crippen molar-refractivity contribution in [1.29, 1.82) is 5.26 Å². The highest BCUT2D eigenvalue weighted by Crippen LogP contribution is 2.22. The largest absolute Gasteiger partial charge is 0.269 e. The molecule has 0 aliphatic carbocycles. The summed E-state index contributed by atoms with van der Waals surface area (Å²) in [6.07, 6.45) is 1.60. The molecule has 0 fully saturated rings. The first kappa shape index (κ1) is 11.1. The fraction of sp³-hybridized carbons (Fsp3) is 0.154. The van der Waals surface area contributed by atoms with Crippen molar-refractivity contribution in [2.75, 3.05) is 6.54 Å². The van der Waals surface area contributed by atoms with Gasteiger partial charge in [-0.1, -0.05) is 18.2 Å². The number of benzene rings is 1. The molecular formula is C13H10N2O2. The van der Waals surface area contributed by atoms with Crippen molar-refractivity contribution in [3.05, 3.63) is 47.0 Å². The van der Waals surface area contributed by atoms with Gasteiger partial charge in [-0.05, 0) is 19.1 Å². The van der Waals surface area contributed by atoms with Crippen LogP contribution >= 0.6 is 0 Å². The van der Waals surface area contributed by atoms with Crippen LogP contribution in [0.25, 0.3) is 0 Å². The fourth-order valence-corrected chi connectivity index (χ4v) is 1.74. The van der Waals surface area contributed by atoms with E-state index >= 15 is 0 Å². The second kappa shape index (κ2) is 4.22. The van der Waals surface area contributed by atoms with E-state index in [-0.39, 0.29) is 18.4 Å². The number of nitriles is 1. The molecule has 2 amide bonds. The molecule has 0 saturated carbocycles. The van der Waals surface area contributed by atoms with E-state index in [0.717, 1.165) is 4.90 Å². The van der Waals surface area contributed by atoms with E-state index in [4.69, 9.17) is 5.26 Å². The van der Waals surface area contributed by atoms with Gasteiger partial charge in [-0.25, -0.2) is 0 Å². The molecule has 0 aromatic heterocycles. The van der Waals surface area contributed by atoms with Crippen LogP contribution in [-0.4, -0.2) is 23.3 Å². The Labute approximate surface area is 98.8 Å². The second-order valence-electron chi connectivity index (χ2n) is 3.67. The number of imide groups is 1. The number of allylic oxidation sites excluding steroid dienone is 1. The lowest BCUT2D eigenvalue weighted by Crippen LogP contribution is -2.31. The molecule has 1 aliphatic rings. The maximum atomic E-state index is 11.9. The van der Waals surface area contributed by atoms with Gasteiger partial charge < -0.3 is 0 Å². The first-order valence-corrected chi connectivity index (χ1v) is 5.19. The smallest absolute Gasteiger partial charge is 0.261 e. The summed E-state index contributed by atoms with van der Waals surface area (Å²) in [6.45, 7) is 1.75. The van der Waals surface area contributed by atoms with Crippen molar-refractivity contribution in [3.8, 4) is 6.07 Å². The van der Waals surface area contributed by atoms with Gasteiger partial charge in [-0.2, -0.15) is 5.26 Å². The summed E-state index contributed by atoms with van der Waals surface area (Å²) >= 11 is 0. The number of rotatable bonds is 2. The first-order chi connectivity index (χ1) is 8.19. The van der Waals surface area contributed by atoms with Crippen LogP contribution in [0.1, 0.15) is 27.6 Å². The van der Waals surface area contributed by atoms with Crippen LogP contribution in [-0.2, 0) is 0 Å². The third-order valence-electron chi connectivity index (χ3n) is 2.70. The molecule has 1 aliphatic heterocycles. The lowest BCUT2D eigenvalue weighted by atomic mass is 10.1. The highest BCUT2D eigenvalue weighted by Gasteiger charge is 2.35. The maximum absolute atomic E-state index is 11.9. The zero-order valence-corrected chi connectivity index (χ0v) is 9.30. The van der Waals surface area contributed by atoms with Gasteiger partial charge >= 0.3 is 0 Å². The van der Waals surface area contributed by atoms with Crippen molar-refractivity contribution in [1.82, 2.24) is 4.90 Å². The molecule has 17 heavy (non-hydrogen) atoms. The van der Waals surface area contributed by atoms with Crippen LogP contribution in [0.3, 0.4) is 0 Å². The molecule has 0 radical (unpaired) electrons. The molecule has 0 atom stereocenters. The number of carbonyl (C=O) groups excluding carboxylic acids is 2. The van der Waals surface area contributed by atoms with Gasteiger partial charge in [0.1, 0.15) is 0 Å². The van der Waals surface area contributed by atoms with E-state index in [1.165, 1.54) is 0 Å². The monoisotopic (exact) mass is 226 g/mol.